The first-order valence-electron chi connectivity index (χ1n) is 15.4. The van der Waals surface area contributed by atoms with Gasteiger partial charge in [0, 0.05) is 9.92 Å². The quantitative estimate of drug-likeness (QED) is 0.119. The largest absolute Gasteiger partial charge is 0.464 e. The first-order valence-corrected chi connectivity index (χ1v) is 16.7. The van der Waals surface area contributed by atoms with Crippen LogP contribution in [0.3, 0.4) is 0 Å². The molecule has 236 valence electrons. The Bertz CT molecular complexity index is 1580. The fraction of sp³-hybridized carbons (Fsp3) is 0.231. The molecule has 5 aromatic carbocycles. The predicted octanol–water partition coefficient (Wildman–Crippen LogP) is 8.99. The van der Waals surface area contributed by atoms with Gasteiger partial charge in [-0.2, -0.15) is 0 Å². The summed E-state index contributed by atoms with van der Waals surface area (Å²) in [6.45, 7) is 1.56. The zero-order valence-electron chi connectivity index (χ0n) is 25.4. The van der Waals surface area contributed by atoms with Gasteiger partial charge in [-0.15, -0.1) is 11.8 Å². The molecule has 5 aromatic rings. The SMILES string of the molecule is Clc1ccc(O[C@@H]2O[C@H](COCc3ccccc3)[C@@H](OCc3ccccc3)[C@H](OCc3ccccc3)[C@H]2Sc2ccccc2)cc1. The van der Waals surface area contributed by atoms with Crippen molar-refractivity contribution in [2.45, 2.75) is 54.6 Å². The monoisotopic (exact) mass is 652 g/mol. The molecule has 1 fully saturated rings. The molecule has 5 nitrogen and oxygen atoms in total. The van der Waals surface area contributed by atoms with Gasteiger partial charge in [-0.3, -0.25) is 0 Å². The molecular formula is C39H37ClO5S. The smallest absolute Gasteiger partial charge is 0.215 e. The van der Waals surface area contributed by atoms with E-state index in [2.05, 4.69) is 48.5 Å². The Morgan fingerprint density at radius 1 is 0.565 bits per heavy atom. The summed E-state index contributed by atoms with van der Waals surface area (Å²) in [6.07, 6.45) is -2.01. The van der Waals surface area contributed by atoms with Gasteiger partial charge in [-0.1, -0.05) is 121 Å². The van der Waals surface area contributed by atoms with E-state index in [9.17, 15) is 0 Å². The van der Waals surface area contributed by atoms with E-state index >= 15 is 0 Å². The standard InChI is InChI=1S/C39H37ClO5S/c40-32-21-23-33(24-22-32)44-39-38(46-34-19-11-4-12-20-34)37(43-27-31-17-9-3-10-18-31)36(42-26-30-15-7-2-8-16-30)35(45-39)28-41-25-29-13-5-1-6-14-29/h1-24,35-39H,25-28H2/t35-,36-,37+,38-,39-/m1/s1. The summed E-state index contributed by atoms with van der Waals surface area (Å²) in [5, 5.41) is 0.352. The maximum atomic E-state index is 6.85. The third kappa shape index (κ3) is 9.23. The van der Waals surface area contributed by atoms with Gasteiger partial charge in [-0.25, -0.2) is 0 Å². The summed E-state index contributed by atoms with van der Waals surface area (Å²) in [4.78, 5) is 1.08. The van der Waals surface area contributed by atoms with E-state index in [4.69, 9.17) is 35.3 Å². The molecular weight excluding hydrogens is 616 g/mol. The first-order chi connectivity index (χ1) is 22.7. The van der Waals surface area contributed by atoms with Crippen molar-refractivity contribution in [3.8, 4) is 5.75 Å². The van der Waals surface area contributed by atoms with Gasteiger partial charge in [-0.05, 0) is 53.1 Å². The van der Waals surface area contributed by atoms with E-state index in [0.29, 0.717) is 37.2 Å². The number of ether oxygens (including phenoxy) is 5. The van der Waals surface area contributed by atoms with E-state index in [0.717, 1.165) is 21.6 Å². The third-order valence-electron chi connectivity index (χ3n) is 7.64. The van der Waals surface area contributed by atoms with Crippen LogP contribution in [-0.4, -0.2) is 36.5 Å². The molecule has 1 aliphatic heterocycles. The molecule has 6 rings (SSSR count). The second-order valence-corrected chi connectivity index (χ2v) is 12.7. The Kier molecular flexibility index (Phi) is 11.8. The molecule has 0 radical (unpaired) electrons. The lowest BCUT2D eigenvalue weighted by Crippen LogP contribution is -2.60. The second kappa shape index (κ2) is 16.8. The average molecular weight is 653 g/mol. The van der Waals surface area contributed by atoms with Crippen molar-refractivity contribution in [1.29, 1.82) is 0 Å². The van der Waals surface area contributed by atoms with Crippen LogP contribution in [0.4, 0.5) is 0 Å². The lowest BCUT2D eigenvalue weighted by molar-refractivity contribution is -0.253. The van der Waals surface area contributed by atoms with E-state index < -0.39 is 24.6 Å². The molecule has 0 aliphatic carbocycles. The molecule has 1 aliphatic rings. The highest BCUT2D eigenvalue weighted by molar-refractivity contribution is 8.00. The molecule has 0 amide bonds. The topological polar surface area (TPSA) is 46.2 Å². The molecule has 0 saturated carbocycles. The van der Waals surface area contributed by atoms with Crippen LogP contribution in [0.25, 0.3) is 0 Å². The van der Waals surface area contributed by atoms with Crippen LogP contribution in [-0.2, 0) is 38.8 Å². The summed E-state index contributed by atoms with van der Waals surface area (Å²) in [5.74, 6) is 0.655. The van der Waals surface area contributed by atoms with Crippen molar-refractivity contribution in [1.82, 2.24) is 0 Å². The van der Waals surface area contributed by atoms with Crippen LogP contribution in [0.2, 0.25) is 5.02 Å². The number of hydrogen-bond donors (Lipinski definition) is 0. The highest BCUT2D eigenvalue weighted by Crippen LogP contribution is 2.39. The van der Waals surface area contributed by atoms with Crippen molar-refractivity contribution >= 4 is 23.4 Å². The fourth-order valence-corrected chi connectivity index (χ4v) is 6.68. The van der Waals surface area contributed by atoms with Gasteiger partial charge in [0.2, 0.25) is 6.29 Å². The maximum absolute atomic E-state index is 6.85. The zero-order chi connectivity index (χ0) is 31.4. The molecule has 46 heavy (non-hydrogen) atoms. The molecule has 0 aromatic heterocycles. The Balaban J connectivity index is 1.33. The Morgan fingerprint density at radius 3 is 1.63 bits per heavy atom. The number of benzene rings is 5. The van der Waals surface area contributed by atoms with E-state index in [-0.39, 0.29) is 5.25 Å². The lowest BCUT2D eigenvalue weighted by Gasteiger charge is -2.45. The van der Waals surface area contributed by atoms with Crippen molar-refractivity contribution in [2.75, 3.05) is 6.61 Å². The molecule has 0 spiro atoms. The van der Waals surface area contributed by atoms with Crippen LogP contribution in [0, 0.1) is 0 Å². The normalized spacial score (nSPS) is 21.1. The molecule has 1 heterocycles. The lowest BCUT2D eigenvalue weighted by atomic mass is 10.00. The minimum absolute atomic E-state index is 0.284. The second-order valence-electron chi connectivity index (χ2n) is 11.0. The molecule has 0 unspecified atom stereocenters. The van der Waals surface area contributed by atoms with Gasteiger partial charge in [0.05, 0.1) is 26.4 Å². The highest BCUT2D eigenvalue weighted by atomic mass is 35.5. The summed E-state index contributed by atoms with van der Waals surface area (Å²) in [5.41, 5.74) is 3.23. The highest BCUT2D eigenvalue weighted by Gasteiger charge is 2.49. The molecule has 0 N–H and O–H groups in total. The fourth-order valence-electron chi connectivity index (χ4n) is 5.33. The number of hydrogen-bond acceptors (Lipinski definition) is 6. The van der Waals surface area contributed by atoms with Crippen LogP contribution < -0.4 is 4.74 Å². The maximum Gasteiger partial charge on any atom is 0.215 e. The minimum Gasteiger partial charge on any atom is -0.464 e. The van der Waals surface area contributed by atoms with Crippen LogP contribution in [0.15, 0.2) is 150 Å². The van der Waals surface area contributed by atoms with Gasteiger partial charge in [0.1, 0.15) is 29.3 Å². The summed E-state index contributed by atoms with van der Waals surface area (Å²) >= 11 is 7.87. The van der Waals surface area contributed by atoms with Crippen LogP contribution in [0.1, 0.15) is 16.7 Å². The Morgan fingerprint density at radius 2 is 1.07 bits per heavy atom. The minimum atomic E-state index is -0.672. The summed E-state index contributed by atoms with van der Waals surface area (Å²) in [6, 6.07) is 48.1. The van der Waals surface area contributed by atoms with Crippen LogP contribution in [0.5, 0.6) is 5.75 Å². The Hall–Kier alpha value is -3.62. The van der Waals surface area contributed by atoms with Crippen molar-refractivity contribution in [3.63, 3.8) is 0 Å². The van der Waals surface area contributed by atoms with Crippen molar-refractivity contribution < 1.29 is 23.7 Å². The van der Waals surface area contributed by atoms with Crippen molar-refractivity contribution in [3.05, 3.63) is 167 Å². The van der Waals surface area contributed by atoms with Gasteiger partial charge in [0.25, 0.3) is 0 Å². The van der Waals surface area contributed by atoms with E-state index in [1.807, 2.05) is 97.1 Å². The van der Waals surface area contributed by atoms with E-state index in [1.165, 1.54) is 0 Å². The number of rotatable bonds is 14. The molecule has 1 saturated heterocycles. The summed E-state index contributed by atoms with van der Waals surface area (Å²) in [7, 11) is 0. The number of halogens is 1. The van der Waals surface area contributed by atoms with Gasteiger partial charge in [0.15, 0.2) is 0 Å². The molecule has 7 heteroatoms. The number of thioether (sulfide) groups is 1. The van der Waals surface area contributed by atoms with E-state index in [1.54, 1.807) is 11.8 Å². The molecule has 0 bridgehead atoms. The zero-order valence-corrected chi connectivity index (χ0v) is 27.0. The van der Waals surface area contributed by atoms with Crippen LogP contribution >= 0.6 is 23.4 Å². The first kappa shape index (κ1) is 32.3. The van der Waals surface area contributed by atoms with Gasteiger partial charge >= 0.3 is 0 Å². The van der Waals surface area contributed by atoms with Crippen molar-refractivity contribution in [2.24, 2.45) is 0 Å². The predicted molar refractivity (Wildman–Crippen MR) is 183 cm³/mol. The summed E-state index contributed by atoms with van der Waals surface area (Å²) < 4.78 is 33.3. The Labute approximate surface area is 280 Å². The molecule has 5 atom stereocenters. The third-order valence-corrected chi connectivity index (χ3v) is 9.20. The average Bonchev–Trinajstić information content (AvgIpc) is 3.11. The van der Waals surface area contributed by atoms with Gasteiger partial charge < -0.3 is 23.7 Å².